The molecule has 0 radical (unpaired) electrons. The average Bonchev–Trinajstić information content (AvgIpc) is 3.22. The number of aromatic nitrogens is 2. The molecule has 1 amide bonds. The highest BCUT2D eigenvalue weighted by Crippen LogP contribution is 2.36. The van der Waals surface area contributed by atoms with E-state index in [1.807, 2.05) is 17.5 Å². The summed E-state index contributed by atoms with van der Waals surface area (Å²) in [6.07, 6.45) is 5.78. The number of amides is 1. The minimum Gasteiger partial charge on any atom is -0.481 e. The van der Waals surface area contributed by atoms with Crippen LogP contribution in [0.15, 0.2) is 23.7 Å². The molecule has 0 aromatic carbocycles. The first-order valence-corrected chi connectivity index (χ1v) is 8.99. The van der Waals surface area contributed by atoms with Crippen molar-refractivity contribution in [2.45, 2.75) is 32.1 Å². The van der Waals surface area contributed by atoms with E-state index in [9.17, 15) is 14.7 Å². The van der Waals surface area contributed by atoms with E-state index < -0.39 is 11.4 Å². The number of hydrogen-bond acceptors (Lipinski definition) is 4. The summed E-state index contributed by atoms with van der Waals surface area (Å²) >= 11 is 1.52. The first kappa shape index (κ1) is 16.7. The molecular weight excluding hydrogens is 326 g/mol. The molecule has 2 N–H and O–H groups in total. The maximum atomic E-state index is 12.6. The lowest BCUT2D eigenvalue weighted by molar-refractivity contribution is -0.150. The van der Waals surface area contributed by atoms with Crippen LogP contribution in [0.3, 0.4) is 0 Å². The van der Waals surface area contributed by atoms with E-state index in [4.69, 9.17) is 0 Å². The second kappa shape index (κ2) is 6.76. The van der Waals surface area contributed by atoms with Crippen molar-refractivity contribution >= 4 is 23.2 Å². The molecule has 6 nitrogen and oxygen atoms in total. The summed E-state index contributed by atoms with van der Waals surface area (Å²) < 4.78 is 1.61. The number of nitrogens with one attached hydrogen (secondary N) is 1. The quantitative estimate of drug-likeness (QED) is 0.871. The van der Waals surface area contributed by atoms with Gasteiger partial charge in [-0.1, -0.05) is 25.3 Å². The van der Waals surface area contributed by atoms with Gasteiger partial charge < -0.3 is 10.4 Å². The molecule has 1 fully saturated rings. The lowest BCUT2D eigenvalue weighted by Crippen LogP contribution is -2.44. The van der Waals surface area contributed by atoms with Crippen molar-refractivity contribution in [1.29, 1.82) is 0 Å². The van der Waals surface area contributed by atoms with Gasteiger partial charge in [-0.3, -0.25) is 14.3 Å². The maximum absolute atomic E-state index is 12.6. The van der Waals surface area contributed by atoms with Crippen molar-refractivity contribution in [2.75, 3.05) is 6.54 Å². The number of hydrogen-bond donors (Lipinski definition) is 2. The van der Waals surface area contributed by atoms with E-state index in [0.717, 1.165) is 24.1 Å². The van der Waals surface area contributed by atoms with E-state index in [1.165, 1.54) is 11.3 Å². The van der Waals surface area contributed by atoms with Crippen molar-refractivity contribution < 1.29 is 14.7 Å². The molecule has 0 spiro atoms. The number of carboxylic acid groups (broad SMARTS) is 1. The van der Waals surface area contributed by atoms with Crippen molar-refractivity contribution in [3.8, 4) is 10.6 Å². The van der Waals surface area contributed by atoms with Crippen LogP contribution in [0.2, 0.25) is 0 Å². The van der Waals surface area contributed by atoms with Crippen LogP contribution < -0.4 is 5.32 Å². The topological polar surface area (TPSA) is 84.2 Å². The molecule has 2 aromatic heterocycles. The molecule has 7 heteroatoms. The first-order chi connectivity index (χ1) is 11.5. The summed E-state index contributed by atoms with van der Waals surface area (Å²) in [5, 5.41) is 18.8. The van der Waals surface area contributed by atoms with Gasteiger partial charge in [-0.25, -0.2) is 0 Å². The monoisotopic (exact) mass is 347 g/mol. The summed E-state index contributed by atoms with van der Waals surface area (Å²) in [5.74, 6) is -1.08. The minimum atomic E-state index is -0.834. The molecule has 1 aliphatic rings. The molecule has 24 heavy (non-hydrogen) atoms. The smallest absolute Gasteiger partial charge is 0.311 e. The highest BCUT2D eigenvalue weighted by molar-refractivity contribution is 7.13. The van der Waals surface area contributed by atoms with Gasteiger partial charge in [0.2, 0.25) is 0 Å². The van der Waals surface area contributed by atoms with E-state index in [0.29, 0.717) is 24.1 Å². The highest BCUT2D eigenvalue weighted by atomic mass is 32.1. The van der Waals surface area contributed by atoms with Crippen molar-refractivity contribution in [3.63, 3.8) is 0 Å². The number of aryl methyl sites for hydroxylation is 1. The second-order valence-corrected chi connectivity index (χ2v) is 7.32. The second-order valence-electron chi connectivity index (χ2n) is 6.37. The van der Waals surface area contributed by atoms with Gasteiger partial charge in [0.1, 0.15) is 5.69 Å². The molecule has 3 rings (SSSR count). The Morgan fingerprint density at radius 1 is 1.38 bits per heavy atom. The van der Waals surface area contributed by atoms with E-state index >= 15 is 0 Å². The highest BCUT2D eigenvalue weighted by Gasteiger charge is 2.40. The van der Waals surface area contributed by atoms with Gasteiger partial charge in [0.05, 0.1) is 15.9 Å². The van der Waals surface area contributed by atoms with Gasteiger partial charge in [0.25, 0.3) is 5.91 Å². The third-order valence-electron chi connectivity index (χ3n) is 4.68. The van der Waals surface area contributed by atoms with Crippen LogP contribution >= 0.6 is 11.3 Å². The number of thiophene rings is 1. The molecule has 1 aliphatic carbocycles. The lowest BCUT2D eigenvalue weighted by Gasteiger charge is -2.33. The Bertz CT molecular complexity index is 730. The summed E-state index contributed by atoms with van der Waals surface area (Å²) in [5.41, 5.74) is 0.286. The zero-order valence-electron chi connectivity index (χ0n) is 13.6. The zero-order chi connectivity index (χ0) is 17.2. The average molecular weight is 347 g/mol. The summed E-state index contributed by atoms with van der Waals surface area (Å²) in [6, 6.07) is 3.83. The molecule has 2 aromatic rings. The number of rotatable bonds is 5. The Balaban J connectivity index is 1.77. The van der Waals surface area contributed by atoms with Gasteiger partial charge in [0, 0.05) is 19.8 Å². The van der Waals surface area contributed by atoms with Crippen LogP contribution in [-0.2, 0) is 11.8 Å². The summed E-state index contributed by atoms with van der Waals surface area (Å²) in [7, 11) is 1.77. The number of aliphatic carboxylic acids is 1. The van der Waals surface area contributed by atoms with Crippen molar-refractivity contribution in [2.24, 2.45) is 12.5 Å². The number of carbonyl (C=O) groups is 2. The Kier molecular flexibility index (Phi) is 4.71. The molecule has 0 saturated heterocycles. The maximum Gasteiger partial charge on any atom is 0.311 e. The molecule has 0 atom stereocenters. The fraction of sp³-hybridized carbons (Fsp3) is 0.471. The third-order valence-corrected chi connectivity index (χ3v) is 5.56. The third kappa shape index (κ3) is 3.21. The molecule has 2 heterocycles. The molecule has 1 saturated carbocycles. The standard InChI is InChI=1S/C17H21N3O3S/c1-20-10-12(14(19-20)13-6-5-9-24-13)15(21)18-11-17(16(22)23)7-3-2-4-8-17/h5-6,9-10H,2-4,7-8,11H2,1H3,(H,18,21)(H,22,23). The van der Waals surface area contributed by atoms with Crippen molar-refractivity contribution in [1.82, 2.24) is 15.1 Å². The van der Waals surface area contributed by atoms with Gasteiger partial charge in [-0.05, 0) is 24.3 Å². The van der Waals surface area contributed by atoms with Crippen LogP contribution in [-0.4, -0.2) is 33.3 Å². The van der Waals surface area contributed by atoms with Gasteiger partial charge in [-0.2, -0.15) is 5.10 Å². The van der Waals surface area contributed by atoms with Gasteiger partial charge in [0.15, 0.2) is 0 Å². The predicted octanol–water partition coefficient (Wildman–Crippen LogP) is 2.91. The largest absolute Gasteiger partial charge is 0.481 e. The molecule has 128 valence electrons. The number of carboxylic acids is 1. The number of carbonyl (C=O) groups excluding carboxylic acids is 1. The molecule has 0 bridgehead atoms. The summed E-state index contributed by atoms with van der Waals surface area (Å²) in [4.78, 5) is 25.3. The Hall–Kier alpha value is -2.15. The van der Waals surface area contributed by atoms with Crippen LogP contribution in [0, 0.1) is 5.41 Å². The Morgan fingerprint density at radius 2 is 2.12 bits per heavy atom. The fourth-order valence-corrected chi connectivity index (χ4v) is 4.01. The van der Waals surface area contributed by atoms with Crippen LogP contribution in [0.1, 0.15) is 42.5 Å². The van der Waals surface area contributed by atoms with Crippen molar-refractivity contribution in [3.05, 3.63) is 29.3 Å². The van der Waals surface area contributed by atoms with Gasteiger partial charge >= 0.3 is 5.97 Å². The fourth-order valence-electron chi connectivity index (χ4n) is 3.29. The first-order valence-electron chi connectivity index (χ1n) is 8.11. The predicted molar refractivity (Wildman–Crippen MR) is 92.0 cm³/mol. The molecule has 0 aliphatic heterocycles. The van der Waals surface area contributed by atoms with E-state index in [-0.39, 0.29) is 12.5 Å². The summed E-state index contributed by atoms with van der Waals surface area (Å²) in [6.45, 7) is 0.167. The van der Waals surface area contributed by atoms with E-state index in [2.05, 4.69) is 10.4 Å². The van der Waals surface area contributed by atoms with Crippen LogP contribution in [0.25, 0.3) is 10.6 Å². The lowest BCUT2D eigenvalue weighted by atomic mass is 9.74. The molecular formula is C17H21N3O3S. The van der Waals surface area contributed by atoms with Crippen LogP contribution in [0.4, 0.5) is 0 Å². The minimum absolute atomic E-state index is 0.167. The Labute approximate surface area is 144 Å². The SMILES string of the molecule is Cn1cc(C(=O)NCC2(C(=O)O)CCCCC2)c(-c2cccs2)n1. The van der Waals surface area contributed by atoms with E-state index in [1.54, 1.807) is 17.9 Å². The zero-order valence-corrected chi connectivity index (χ0v) is 14.4. The van der Waals surface area contributed by atoms with Gasteiger partial charge in [-0.15, -0.1) is 11.3 Å². The Morgan fingerprint density at radius 3 is 2.75 bits per heavy atom. The van der Waals surface area contributed by atoms with Crippen LogP contribution in [0.5, 0.6) is 0 Å². The molecule has 0 unspecified atom stereocenters. The normalized spacial score (nSPS) is 16.7. The number of nitrogens with zero attached hydrogens (tertiary/aromatic N) is 2.